The van der Waals surface area contributed by atoms with Crippen LogP contribution >= 0.6 is 11.6 Å². The highest BCUT2D eigenvalue weighted by Crippen LogP contribution is 2.17. The first-order chi connectivity index (χ1) is 6.24. The van der Waals surface area contributed by atoms with E-state index in [0.717, 1.165) is 38.8 Å². The maximum absolute atomic E-state index is 11.5. The van der Waals surface area contributed by atoms with Gasteiger partial charge >= 0.3 is 0 Å². The summed E-state index contributed by atoms with van der Waals surface area (Å²) in [5, 5.41) is 0. The predicted molar refractivity (Wildman–Crippen MR) is 54.9 cm³/mol. The Labute approximate surface area is 85.2 Å². The van der Waals surface area contributed by atoms with Crippen LogP contribution in [-0.2, 0) is 4.79 Å². The number of hydrogen-bond acceptors (Lipinski definition) is 1. The molecular weight excluding hydrogens is 186 g/mol. The largest absolute Gasteiger partial charge is 0.343 e. The summed E-state index contributed by atoms with van der Waals surface area (Å²) in [5.74, 6) is 1.67. The average Bonchev–Trinajstić information content (AvgIpc) is 2.28. The van der Waals surface area contributed by atoms with Gasteiger partial charge in [0.05, 0.1) is 0 Å². The first-order valence-electron chi connectivity index (χ1n) is 5.07. The van der Waals surface area contributed by atoms with Crippen LogP contribution in [0, 0.1) is 5.92 Å². The van der Waals surface area contributed by atoms with Crippen LogP contribution < -0.4 is 0 Å². The van der Waals surface area contributed by atoms with Crippen molar-refractivity contribution < 1.29 is 4.79 Å². The van der Waals surface area contributed by atoms with E-state index in [1.807, 2.05) is 4.90 Å². The van der Waals surface area contributed by atoms with Crippen LogP contribution in [0.3, 0.4) is 0 Å². The van der Waals surface area contributed by atoms with Crippen molar-refractivity contribution in [3.05, 3.63) is 0 Å². The number of likely N-dealkylation sites (tertiary alicyclic amines) is 1. The Balaban J connectivity index is 2.38. The minimum absolute atomic E-state index is 0.314. The molecule has 76 valence electrons. The maximum atomic E-state index is 11.5. The van der Waals surface area contributed by atoms with E-state index in [1.165, 1.54) is 0 Å². The number of nitrogens with zero attached hydrogens (tertiary/aromatic N) is 1. The first-order valence-corrected chi connectivity index (χ1v) is 5.61. The average molecular weight is 204 g/mol. The number of halogens is 1. The molecule has 0 saturated carbocycles. The summed E-state index contributed by atoms with van der Waals surface area (Å²) in [5.41, 5.74) is 0. The van der Waals surface area contributed by atoms with Gasteiger partial charge in [-0.25, -0.2) is 0 Å². The second-order valence-electron chi connectivity index (χ2n) is 3.86. The Bertz CT molecular complexity index is 172. The molecule has 1 heterocycles. The number of hydrogen-bond donors (Lipinski definition) is 0. The normalized spacial score (nSPS) is 24.6. The number of alkyl halides is 1. The fraction of sp³-hybridized carbons (Fsp3) is 0.900. The predicted octanol–water partition coefficient (Wildman–Crippen LogP) is 2.26. The topological polar surface area (TPSA) is 20.3 Å². The number of amides is 1. The van der Waals surface area contributed by atoms with Gasteiger partial charge < -0.3 is 4.90 Å². The second-order valence-corrected chi connectivity index (χ2v) is 4.23. The lowest BCUT2D eigenvalue weighted by Gasteiger charge is -2.19. The van der Waals surface area contributed by atoms with Crippen molar-refractivity contribution >= 4 is 17.5 Å². The van der Waals surface area contributed by atoms with Gasteiger partial charge in [-0.3, -0.25) is 4.79 Å². The Morgan fingerprint density at radius 1 is 1.54 bits per heavy atom. The van der Waals surface area contributed by atoms with Crippen LogP contribution in [-0.4, -0.2) is 29.8 Å². The summed E-state index contributed by atoms with van der Waals surface area (Å²) in [6.07, 6.45) is 3.84. The molecule has 3 heteroatoms. The quantitative estimate of drug-likeness (QED) is 0.645. The smallest absolute Gasteiger partial charge is 0.222 e. The lowest BCUT2D eigenvalue weighted by Crippen LogP contribution is -2.31. The lowest BCUT2D eigenvalue weighted by atomic mass is 10.0. The molecular formula is C10H18ClNO. The molecule has 0 spiro atoms. The standard InChI is InChI=1S/C10H18ClNO/c1-9-3-4-10(13)12(8-5-9)7-2-6-11/h9H,2-8H2,1H3. The third-order valence-electron chi connectivity index (χ3n) is 2.66. The highest BCUT2D eigenvalue weighted by atomic mass is 35.5. The summed E-state index contributed by atoms with van der Waals surface area (Å²) in [6.45, 7) is 3.99. The van der Waals surface area contributed by atoms with Crippen molar-refractivity contribution in [3.8, 4) is 0 Å². The van der Waals surface area contributed by atoms with Gasteiger partial charge in [-0.2, -0.15) is 0 Å². The molecule has 1 atom stereocenters. The van der Waals surface area contributed by atoms with E-state index < -0.39 is 0 Å². The molecule has 1 rings (SSSR count). The summed E-state index contributed by atoms with van der Waals surface area (Å²) < 4.78 is 0. The zero-order valence-electron chi connectivity index (χ0n) is 8.26. The van der Waals surface area contributed by atoms with Gasteiger partial charge in [-0.15, -0.1) is 11.6 Å². The molecule has 0 N–H and O–H groups in total. The molecule has 1 fully saturated rings. The number of carbonyl (C=O) groups excluding carboxylic acids is 1. The van der Waals surface area contributed by atoms with Crippen LogP contribution in [0.15, 0.2) is 0 Å². The van der Waals surface area contributed by atoms with Crippen molar-refractivity contribution in [3.63, 3.8) is 0 Å². The van der Waals surface area contributed by atoms with Crippen molar-refractivity contribution in [1.29, 1.82) is 0 Å². The summed E-state index contributed by atoms with van der Waals surface area (Å²) >= 11 is 5.60. The number of carbonyl (C=O) groups is 1. The molecule has 1 amide bonds. The van der Waals surface area contributed by atoms with Gasteiger partial charge in [-0.1, -0.05) is 6.92 Å². The SMILES string of the molecule is CC1CCC(=O)N(CCCCl)CC1. The fourth-order valence-corrected chi connectivity index (χ4v) is 1.78. The van der Waals surface area contributed by atoms with E-state index in [1.54, 1.807) is 0 Å². The summed E-state index contributed by atoms with van der Waals surface area (Å²) in [4.78, 5) is 13.5. The monoisotopic (exact) mass is 203 g/mol. The van der Waals surface area contributed by atoms with Crippen molar-refractivity contribution in [2.45, 2.75) is 32.6 Å². The van der Waals surface area contributed by atoms with E-state index in [0.29, 0.717) is 17.7 Å². The van der Waals surface area contributed by atoms with E-state index in [4.69, 9.17) is 11.6 Å². The van der Waals surface area contributed by atoms with E-state index in [-0.39, 0.29) is 0 Å². The van der Waals surface area contributed by atoms with E-state index in [2.05, 4.69) is 6.92 Å². The zero-order valence-corrected chi connectivity index (χ0v) is 9.02. The molecule has 0 aromatic heterocycles. The summed E-state index contributed by atoms with van der Waals surface area (Å²) in [6, 6.07) is 0. The minimum atomic E-state index is 0.314. The Morgan fingerprint density at radius 3 is 3.00 bits per heavy atom. The molecule has 0 aromatic carbocycles. The van der Waals surface area contributed by atoms with Gasteiger partial charge in [0.1, 0.15) is 0 Å². The van der Waals surface area contributed by atoms with Gasteiger partial charge in [0.2, 0.25) is 5.91 Å². The Morgan fingerprint density at radius 2 is 2.31 bits per heavy atom. The zero-order chi connectivity index (χ0) is 9.68. The van der Waals surface area contributed by atoms with Gasteiger partial charge in [0.15, 0.2) is 0 Å². The van der Waals surface area contributed by atoms with Crippen LogP contribution in [0.25, 0.3) is 0 Å². The molecule has 1 unspecified atom stereocenters. The Kier molecular flexibility index (Phi) is 4.57. The molecule has 1 aliphatic rings. The fourth-order valence-electron chi connectivity index (χ4n) is 1.66. The maximum Gasteiger partial charge on any atom is 0.222 e. The number of rotatable bonds is 3. The van der Waals surface area contributed by atoms with E-state index in [9.17, 15) is 4.79 Å². The molecule has 1 aliphatic heterocycles. The van der Waals surface area contributed by atoms with Crippen LogP contribution in [0.2, 0.25) is 0 Å². The highest BCUT2D eigenvalue weighted by Gasteiger charge is 2.19. The molecule has 0 aromatic rings. The van der Waals surface area contributed by atoms with Gasteiger partial charge in [0.25, 0.3) is 0 Å². The van der Waals surface area contributed by atoms with Crippen LogP contribution in [0.5, 0.6) is 0 Å². The van der Waals surface area contributed by atoms with Crippen LogP contribution in [0.4, 0.5) is 0 Å². The second kappa shape index (κ2) is 5.48. The molecule has 0 aliphatic carbocycles. The first kappa shape index (κ1) is 10.8. The molecule has 2 nitrogen and oxygen atoms in total. The van der Waals surface area contributed by atoms with Crippen molar-refractivity contribution in [2.24, 2.45) is 5.92 Å². The molecule has 13 heavy (non-hydrogen) atoms. The van der Waals surface area contributed by atoms with Gasteiger partial charge in [-0.05, 0) is 25.2 Å². The highest BCUT2D eigenvalue weighted by molar-refractivity contribution is 6.17. The van der Waals surface area contributed by atoms with Crippen LogP contribution in [0.1, 0.15) is 32.6 Å². The van der Waals surface area contributed by atoms with Gasteiger partial charge in [0, 0.05) is 25.4 Å². The Hall–Kier alpha value is -0.240. The molecule has 0 bridgehead atoms. The molecule has 0 radical (unpaired) electrons. The minimum Gasteiger partial charge on any atom is -0.343 e. The third kappa shape index (κ3) is 3.55. The van der Waals surface area contributed by atoms with Crippen molar-refractivity contribution in [1.82, 2.24) is 4.90 Å². The lowest BCUT2D eigenvalue weighted by molar-refractivity contribution is -0.130. The molecule has 1 saturated heterocycles. The third-order valence-corrected chi connectivity index (χ3v) is 2.92. The van der Waals surface area contributed by atoms with E-state index >= 15 is 0 Å². The van der Waals surface area contributed by atoms with Crippen molar-refractivity contribution in [2.75, 3.05) is 19.0 Å². The summed E-state index contributed by atoms with van der Waals surface area (Å²) in [7, 11) is 0.